The van der Waals surface area contributed by atoms with Crippen LogP contribution in [0.3, 0.4) is 0 Å². The van der Waals surface area contributed by atoms with Crippen LogP contribution in [0.5, 0.6) is 0 Å². The lowest BCUT2D eigenvalue weighted by Crippen LogP contribution is -2.40. The minimum Gasteiger partial charge on any atom is -0.478 e. The molecule has 2 fully saturated rings. The van der Waals surface area contributed by atoms with Crippen molar-refractivity contribution in [2.45, 2.75) is 25.3 Å². The maximum atomic E-state index is 13.4. The summed E-state index contributed by atoms with van der Waals surface area (Å²) in [6, 6.07) is 7.07. The molecule has 0 atom stereocenters. The molecule has 2 amide bonds. The number of thiocarbonyl (C=S) groups is 1. The summed E-state index contributed by atoms with van der Waals surface area (Å²) < 4.78 is 85.6. The van der Waals surface area contributed by atoms with E-state index in [-0.39, 0.29) is 44.9 Å². The van der Waals surface area contributed by atoms with Gasteiger partial charge >= 0.3 is 18.3 Å². The molecular formula is C33H30F6N4O5S3. The van der Waals surface area contributed by atoms with Gasteiger partial charge in [0, 0.05) is 56.3 Å². The number of carbonyl (C=O) groups excluding carboxylic acids is 2. The van der Waals surface area contributed by atoms with Crippen molar-refractivity contribution in [1.29, 1.82) is 0 Å². The zero-order chi connectivity index (χ0) is 36.9. The number of rotatable bonds is 12. The highest BCUT2D eigenvalue weighted by atomic mass is 32.2. The van der Waals surface area contributed by atoms with Crippen LogP contribution in [0.25, 0.3) is 17.2 Å². The van der Waals surface area contributed by atoms with Gasteiger partial charge in [0.1, 0.15) is 4.32 Å². The number of hydrogen-bond acceptors (Lipinski definition) is 9. The Bertz CT molecular complexity index is 1810. The normalized spacial score (nSPS) is 16.7. The maximum absolute atomic E-state index is 13.4. The quantitative estimate of drug-likeness (QED) is 0.0793. The maximum Gasteiger partial charge on any atom is 0.416 e. The van der Waals surface area contributed by atoms with Crippen LogP contribution in [0.4, 0.5) is 32.0 Å². The highest BCUT2D eigenvalue weighted by Crippen LogP contribution is 2.40. The number of halogens is 6. The van der Waals surface area contributed by atoms with Crippen molar-refractivity contribution in [3.63, 3.8) is 0 Å². The van der Waals surface area contributed by atoms with Crippen LogP contribution in [0.15, 0.2) is 52.7 Å². The molecule has 1 aromatic heterocycles. The standard InChI is InChI=1S/C33H30F6N4O5S3/c34-32(35,36)23-12-20(13-24(15-23)33(37,38)39)22-14-25(50-18-22)16-27-29(45)43(31(49)51-27)5-3-28(44)41-26-2-1-19(30(46)47)11-21(26)17-40-4-6-42-7-9-48-10-8-42/h1-2,11-16,18,40H,3-10,17H2,(H,41,44)(H,46,47). The van der Waals surface area contributed by atoms with E-state index in [4.69, 9.17) is 17.0 Å². The molecule has 0 unspecified atom stereocenters. The largest absolute Gasteiger partial charge is 0.478 e. The summed E-state index contributed by atoms with van der Waals surface area (Å²) in [5, 5.41) is 16.9. The Morgan fingerprint density at radius 1 is 0.961 bits per heavy atom. The van der Waals surface area contributed by atoms with Crippen LogP contribution in [0.2, 0.25) is 0 Å². The summed E-state index contributed by atoms with van der Waals surface area (Å²) in [7, 11) is 0. The van der Waals surface area contributed by atoms with Gasteiger partial charge in [0.2, 0.25) is 5.91 Å². The Hall–Kier alpha value is -3.81. The fourth-order valence-corrected chi connectivity index (χ4v) is 7.45. The van der Waals surface area contributed by atoms with Crippen LogP contribution in [0, 0.1) is 0 Å². The van der Waals surface area contributed by atoms with Gasteiger partial charge < -0.3 is 20.5 Å². The molecule has 0 spiro atoms. The molecule has 0 aliphatic carbocycles. The Morgan fingerprint density at radius 2 is 1.65 bits per heavy atom. The van der Waals surface area contributed by atoms with E-state index in [1.165, 1.54) is 40.6 Å². The SMILES string of the molecule is O=C(CCN1C(=O)C(=Cc2cc(-c3cc(C(F)(F)F)cc(C(F)(F)F)c3)cs2)SC1=S)Nc1ccc(C(=O)O)cc1CNCCN1CCOCC1. The van der Waals surface area contributed by atoms with E-state index in [9.17, 15) is 45.8 Å². The Labute approximate surface area is 301 Å². The fourth-order valence-electron chi connectivity index (χ4n) is 5.23. The summed E-state index contributed by atoms with van der Waals surface area (Å²) in [6.45, 7) is 4.60. The van der Waals surface area contributed by atoms with Gasteiger partial charge in [-0.2, -0.15) is 26.3 Å². The molecule has 2 aliphatic rings. The number of aromatic carboxylic acids is 1. The minimum absolute atomic E-state index is 0.0566. The molecule has 5 rings (SSSR count). The highest BCUT2D eigenvalue weighted by molar-refractivity contribution is 8.26. The molecule has 3 heterocycles. The lowest BCUT2D eigenvalue weighted by Gasteiger charge is -2.26. The summed E-state index contributed by atoms with van der Waals surface area (Å²) in [5.74, 6) is -2.08. The molecule has 18 heteroatoms. The van der Waals surface area contributed by atoms with Crippen molar-refractivity contribution in [1.82, 2.24) is 15.1 Å². The molecule has 2 aliphatic heterocycles. The van der Waals surface area contributed by atoms with E-state index in [0.29, 0.717) is 54.6 Å². The second-order valence-electron chi connectivity index (χ2n) is 11.5. The first-order valence-electron chi connectivity index (χ1n) is 15.4. The molecule has 2 aromatic carbocycles. The first kappa shape index (κ1) is 38.4. The number of thioether (sulfide) groups is 1. The van der Waals surface area contributed by atoms with Crippen molar-refractivity contribution in [3.8, 4) is 11.1 Å². The van der Waals surface area contributed by atoms with Crippen molar-refractivity contribution >= 4 is 69.2 Å². The predicted octanol–water partition coefficient (Wildman–Crippen LogP) is 6.80. The van der Waals surface area contributed by atoms with Gasteiger partial charge in [0.25, 0.3) is 5.91 Å². The summed E-state index contributed by atoms with van der Waals surface area (Å²) in [5.41, 5.74) is -2.01. The number of nitrogens with one attached hydrogen (secondary N) is 2. The predicted molar refractivity (Wildman–Crippen MR) is 185 cm³/mol. The van der Waals surface area contributed by atoms with Crippen LogP contribution >= 0.6 is 35.3 Å². The topological polar surface area (TPSA) is 111 Å². The summed E-state index contributed by atoms with van der Waals surface area (Å²) in [4.78, 5) is 41.8. The third kappa shape index (κ3) is 10.2. The summed E-state index contributed by atoms with van der Waals surface area (Å²) in [6.07, 6.45) is -8.69. The van der Waals surface area contributed by atoms with E-state index >= 15 is 0 Å². The molecule has 9 nitrogen and oxygen atoms in total. The van der Waals surface area contributed by atoms with Crippen LogP contribution in [-0.4, -0.2) is 82.9 Å². The van der Waals surface area contributed by atoms with E-state index in [2.05, 4.69) is 15.5 Å². The first-order valence-corrected chi connectivity index (χ1v) is 17.5. The Morgan fingerprint density at radius 3 is 2.29 bits per heavy atom. The van der Waals surface area contributed by atoms with Crippen LogP contribution < -0.4 is 10.6 Å². The van der Waals surface area contributed by atoms with E-state index in [0.717, 1.165) is 42.7 Å². The van der Waals surface area contributed by atoms with Gasteiger partial charge in [-0.25, -0.2) is 4.79 Å². The number of amides is 2. The van der Waals surface area contributed by atoms with Crippen molar-refractivity contribution in [2.75, 3.05) is 51.3 Å². The highest BCUT2D eigenvalue weighted by Gasteiger charge is 2.37. The number of benzene rings is 2. The van der Waals surface area contributed by atoms with Gasteiger partial charge in [0.15, 0.2) is 0 Å². The second-order valence-corrected chi connectivity index (χ2v) is 14.1. The number of thiophene rings is 1. The summed E-state index contributed by atoms with van der Waals surface area (Å²) >= 11 is 7.32. The number of carbonyl (C=O) groups is 3. The molecule has 3 aromatic rings. The third-order valence-electron chi connectivity index (χ3n) is 7.90. The number of alkyl halides is 6. The first-order chi connectivity index (χ1) is 24.1. The number of nitrogens with zero attached hydrogens (tertiary/aromatic N) is 2. The number of anilines is 1. The smallest absolute Gasteiger partial charge is 0.416 e. The monoisotopic (exact) mass is 772 g/mol. The molecule has 0 saturated carbocycles. The molecular weight excluding hydrogens is 743 g/mol. The molecule has 0 radical (unpaired) electrons. The Balaban J connectivity index is 1.21. The molecule has 3 N–H and O–H groups in total. The van der Waals surface area contributed by atoms with Gasteiger partial charge in [-0.05, 0) is 70.6 Å². The average molecular weight is 773 g/mol. The van der Waals surface area contributed by atoms with Gasteiger partial charge in [-0.1, -0.05) is 24.0 Å². The number of hydrogen-bond donors (Lipinski definition) is 3. The zero-order valence-corrected chi connectivity index (χ0v) is 29.0. The van der Waals surface area contributed by atoms with Crippen LogP contribution in [-0.2, 0) is 33.2 Å². The lowest BCUT2D eigenvalue weighted by molar-refractivity contribution is -0.143. The van der Waals surface area contributed by atoms with Crippen LogP contribution in [0.1, 0.15) is 38.3 Å². The van der Waals surface area contributed by atoms with Crippen molar-refractivity contribution in [2.24, 2.45) is 0 Å². The lowest BCUT2D eigenvalue weighted by atomic mass is 10.0. The fraction of sp³-hybridized carbons (Fsp3) is 0.333. The molecule has 0 bridgehead atoms. The van der Waals surface area contributed by atoms with E-state index < -0.39 is 41.3 Å². The van der Waals surface area contributed by atoms with E-state index in [1.807, 2.05) is 0 Å². The van der Waals surface area contributed by atoms with Gasteiger partial charge in [-0.15, -0.1) is 11.3 Å². The third-order valence-corrected chi connectivity index (χ3v) is 10.2. The molecule has 272 valence electrons. The van der Waals surface area contributed by atoms with Gasteiger partial charge in [-0.3, -0.25) is 19.4 Å². The number of ether oxygens (including phenoxy) is 1. The number of carboxylic acids is 1. The molecule has 51 heavy (non-hydrogen) atoms. The van der Waals surface area contributed by atoms with E-state index in [1.54, 1.807) is 0 Å². The molecule has 2 saturated heterocycles. The number of carboxylic acid groups (broad SMARTS) is 1. The van der Waals surface area contributed by atoms with Crippen molar-refractivity contribution < 1.29 is 50.6 Å². The Kier molecular flexibility index (Phi) is 12.2. The average Bonchev–Trinajstić information content (AvgIpc) is 3.65. The second kappa shape index (κ2) is 16.2. The van der Waals surface area contributed by atoms with Gasteiger partial charge in [0.05, 0.1) is 34.8 Å². The zero-order valence-electron chi connectivity index (χ0n) is 26.5. The number of morpholine rings is 1. The minimum atomic E-state index is -4.99. The van der Waals surface area contributed by atoms with Crippen molar-refractivity contribution in [3.05, 3.63) is 79.9 Å².